The van der Waals surface area contributed by atoms with Crippen molar-refractivity contribution in [3.63, 3.8) is 0 Å². The van der Waals surface area contributed by atoms with E-state index >= 15 is 0 Å². The highest BCUT2D eigenvalue weighted by atomic mass is 127. The van der Waals surface area contributed by atoms with Crippen molar-refractivity contribution >= 4 is 29.9 Å². The first-order valence-electron chi connectivity index (χ1n) is 11.2. The first-order chi connectivity index (χ1) is 13.8. The summed E-state index contributed by atoms with van der Waals surface area (Å²) in [7, 11) is 0. The zero-order valence-electron chi connectivity index (χ0n) is 17.6. The van der Waals surface area contributed by atoms with Crippen LogP contribution in [0, 0.1) is 0 Å². The van der Waals surface area contributed by atoms with E-state index in [2.05, 4.69) is 41.4 Å². The van der Waals surface area contributed by atoms with Crippen molar-refractivity contribution < 1.29 is 9.47 Å². The maximum absolute atomic E-state index is 6.16. The Balaban J connectivity index is 0.00000240. The molecule has 2 aliphatic heterocycles. The number of halogens is 1. The number of aliphatic imine (C=N–C) groups is 1. The molecule has 6 heteroatoms. The number of nitrogens with zero attached hydrogens (tertiary/aromatic N) is 2. The predicted molar refractivity (Wildman–Crippen MR) is 128 cm³/mol. The molecule has 5 nitrogen and oxygen atoms in total. The van der Waals surface area contributed by atoms with Crippen LogP contribution in [0.15, 0.2) is 29.3 Å². The van der Waals surface area contributed by atoms with Gasteiger partial charge in [0.25, 0.3) is 0 Å². The summed E-state index contributed by atoms with van der Waals surface area (Å²) in [6.07, 6.45) is 7.62. The number of hydrogen-bond acceptors (Lipinski definition) is 3. The zero-order valence-corrected chi connectivity index (χ0v) is 20.0. The molecule has 3 aliphatic rings. The van der Waals surface area contributed by atoms with Gasteiger partial charge in [-0.3, -0.25) is 4.99 Å². The number of fused-ring (bicyclic) bond motifs is 1. The number of ether oxygens (including phenoxy) is 2. The lowest BCUT2D eigenvalue weighted by atomic mass is 9.78. The van der Waals surface area contributed by atoms with Crippen molar-refractivity contribution in [3.05, 3.63) is 35.4 Å². The summed E-state index contributed by atoms with van der Waals surface area (Å²) < 4.78 is 12.0. The van der Waals surface area contributed by atoms with E-state index in [0.29, 0.717) is 18.1 Å². The smallest absolute Gasteiger partial charge is 0.193 e. The van der Waals surface area contributed by atoms with Gasteiger partial charge in [-0.25, -0.2) is 0 Å². The van der Waals surface area contributed by atoms with Gasteiger partial charge in [-0.15, -0.1) is 24.0 Å². The fourth-order valence-electron chi connectivity index (χ4n) is 4.56. The van der Waals surface area contributed by atoms with E-state index in [-0.39, 0.29) is 24.0 Å². The van der Waals surface area contributed by atoms with Gasteiger partial charge in [-0.1, -0.05) is 24.3 Å². The summed E-state index contributed by atoms with van der Waals surface area (Å²) in [6.45, 7) is 7.64. The normalized spacial score (nSPS) is 25.0. The van der Waals surface area contributed by atoms with Crippen LogP contribution in [0.4, 0.5) is 0 Å². The fourth-order valence-corrected chi connectivity index (χ4v) is 4.56. The number of hydrogen-bond donors (Lipinski definition) is 1. The summed E-state index contributed by atoms with van der Waals surface area (Å²) in [5.74, 6) is 1.65. The summed E-state index contributed by atoms with van der Waals surface area (Å²) in [5, 5.41) is 3.49. The van der Waals surface area contributed by atoms with Crippen molar-refractivity contribution in [1.29, 1.82) is 0 Å². The second kappa shape index (κ2) is 11.5. The third-order valence-corrected chi connectivity index (χ3v) is 6.29. The summed E-state index contributed by atoms with van der Waals surface area (Å²) >= 11 is 0. The number of likely N-dealkylation sites (tertiary alicyclic amines) is 1. The summed E-state index contributed by atoms with van der Waals surface area (Å²) in [5.41, 5.74) is 2.98. The van der Waals surface area contributed by atoms with E-state index in [1.807, 2.05) is 0 Å². The van der Waals surface area contributed by atoms with Gasteiger partial charge in [0.2, 0.25) is 0 Å². The Hall–Kier alpha value is -0.860. The van der Waals surface area contributed by atoms with E-state index in [4.69, 9.17) is 14.5 Å². The number of benzene rings is 1. The molecule has 1 N–H and O–H groups in total. The monoisotopic (exact) mass is 513 g/mol. The Morgan fingerprint density at radius 3 is 2.76 bits per heavy atom. The van der Waals surface area contributed by atoms with E-state index in [1.54, 1.807) is 0 Å². The molecule has 2 atom stereocenters. The molecule has 2 saturated heterocycles. The molecule has 0 bridgehead atoms. The van der Waals surface area contributed by atoms with Crippen molar-refractivity contribution in [2.75, 3.05) is 39.4 Å². The molecular weight excluding hydrogens is 477 g/mol. The van der Waals surface area contributed by atoms with E-state index in [0.717, 1.165) is 71.0 Å². The Kier molecular flexibility index (Phi) is 9.06. The van der Waals surface area contributed by atoms with Crippen LogP contribution in [0.1, 0.15) is 56.1 Å². The Morgan fingerprint density at radius 2 is 2.03 bits per heavy atom. The minimum absolute atomic E-state index is 0. The second-order valence-corrected chi connectivity index (χ2v) is 8.30. The fraction of sp³-hybridized carbons (Fsp3) is 0.696. The maximum atomic E-state index is 6.16. The topological polar surface area (TPSA) is 46.1 Å². The molecule has 2 fully saturated rings. The first kappa shape index (κ1) is 22.8. The molecule has 1 aliphatic carbocycles. The van der Waals surface area contributed by atoms with Crippen molar-refractivity contribution in [1.82, 2.24) is 10.2 Å². The Labute approximate surface area is 192 Å². The molecule has 2 heterocycles. The molecule has 0 spiro atoms. The maximum Gasteiger partial charge on any atom is 0.193 e. The van der Waals surface area contributed by atoms with E-state index in [1.165, 1.54) is 24.0 Å². The van der Waals surface area contributed by atoms with E-state index in [9.17, 15) is 0 Å². The third kappa shape index (κ3) is 6.07. The lowest BCUT2D eigenvalue weighted by molar-refractivity contribution is -0.0721. The third-order valence-electron chi connectivity index (χ3n) is 6.29. The average molecular weight is 513 g/mol. The number of piperidine rings is 1. The molecule has 0 amide bonds. The number of nitrogens with one attached hydrogen (secondary N) is 1. The highest BCUT2D eigenvalue weighted by molar-refractivity contribution is 14.0. The van der Waals surface area contributed by atoms with Gasteiger partial charge in [0.05, 0.1) is 18.8 Å². The SMILES string of the molecule is CCNC(=NCC1Cc2ccccc21)N1CCC(OCC2CCCCO2)CC1.I. The molecule has 1 aromatic carbocycles. The van der Waals surface area contributed by atoms with Crippen molar-refractivity contribution in [2.24, 2.45) is 4.99 Å². The van der Waals surface area contributed by atoms with Gasteiger partial charge in [0.15, 0.2) is 5.96 Å². The quantitative estimate of drug-likeness (QED) is 0.356. The van der Waals surface area contributed by atoms with Crippen LogP contribution in [-0.2, 0) is 15.9 Å². The van der Waals surface area contributed by atoms with Crippen LogP contribution < -0.4 is 5.32 Å². The molecule has 2 unspecified atom stereocenters. The summed E-state index contributed by atoms with van der Waals surface area (Å²) in [6, 6.07) is 8.77. The molecule has 29 heavy (non-hydrogen) atoms. The van der Waals surface area contributed by atoms with Crippen LogP contribution >= 0.6 is 24.0 Å². The molecule has 4 rings (SSSR count). The van der Waals surface area contributed by atoms with Gasteiger partial charge in [0.1, 0.15) is 0 Å². The lowest BCUT2D eigenvalue weighted by Crippen LogP contribution is -2.47. The predicted octanol–water partition coefficient (Wildman–Crippen LogP) is 3.96. The molecule has 0 saturated carbocycles. The first-order valence-corrected chi connectivity index (χ1v) is 11.2. The number of guanidine groups is 1. The van der Waals surface area contributed by atoms with E-state index < -0.39 is 0 Å². The van der Waals surface area contributed by atoms with Crippen LogP contribution in [0.25, 0.3) is 0 Å². The lowest BCUT2D eigenvalue weighted by Gasteiger charge is -2.35. The van der Waals surface area contributed by atoms with Gasteiger partial charge in [-0.05, 0) is 56.6 Å². The zero-order chi connectivity index (χ0) is 19.2. The number of rotatable bonds is 6. The van der Waals surface area contributed by atoms with Gasteiger partial charge in [0, 0.05) is 38.7 Å². The van der Waals surface area contributed by atoms with Crippen LogP contribution in [0.5, 0.6) is 0 Å². The molecule has 0 radical (unpaired) electrons. The molecule has 1 aromatic rings. The minimum Gasteiger partial charge on any atom is -0.376 e. The Morgan fingerprint density at radius 1 is 1.21 bits per heavy atom. The second-order valence-electron chi connectivity index (χ2n) is 8.30. The molecular formula is C23H36IN3O2. The largest absolute Gasteiger partial charge is 0.376 e. The van der Waals surface area contributed by atoms with Gasteiger partial charge in [-0.2, -0.15) is 0 Å². The molecule has 162 valence electrons. The Bertz CT molecular complexity index is 655. The molecule has 0 aromatic heterocycles. The van der Waals surface area contributed by atoms with Crippen LogP contribution in [-0.4, -0.2) is 62.5 Å². The van der Waals surface area contributed by atoms with Gasteiger partial charge >= 0.3 is 0 Å². The van der Waals surface area contributed by atoms with Gasteiger partial charge < -0.3 is 19.7 Å². The van der Waals surface area contributed by atoms with Crippen LogP contribution in [0.3, 0.4) is 0 Å². The van der Waals surface area contributed by atoms with Crippen LogP contribution in [0.2, 0.25) is 0 Å². The summed E-state index contributed by atoms with van der Waals surface area (Å²) in [4.78, 5) is 7.38. The van der Waals surface area contributed by atoms with Crippen molar-refractivity contribution in [2.45, 2.75) is 63.6 Å². The highest BCUT2D eigenvalue weighted by Crippen LogP contribution is 2.34. The standard InChI is InChI=1S/C23H35N3O2.HI/c1-2-24-23(25-16-19-15-18-7-3-4-9-22(18)19)26-12-10-20(11-13-26)28-17-21-8-5-6-14-27-21;/h3-4,7,9,19-21H,2,5-6,8,10-17H2,1H3,(H,24,25);1H. The highest BCUT2D eigenvalue weighted by Gasteiger charge is 2.27. The van der Waals surface area contributed by atoms with Crippen molar-refractivity contribution in [3.8, 4) is 0 Å². The minimum atomic E-state index is 0. The average Bonchev–Trinajstić information content (AvgIpc) is 2.73.